The molecule has 10 aromatic carbocycles. The Balaban J connectivity index is 0.000000313. The molecular formula is C105H140O20. The standard InChI is InChI=1S/5C21H28O4/c5*1-16-7-6-10-19(13-16)25-15-18(22)9-5-4-8-17-11-12-20(23-2)21(14-17)24-3/h5*6-7,10-14,18,22H,4-5,8-9,15H2,1-3H3/i2D3,3D3,4D2,8D2,15D2;2D3,3D3,9D2,15D2;3D3,9D2,15D2;2D3,9D2,15D2;9D2,15D2. The van der Waals surface area contributed by atoms with Gasteiger partial charge < -0.3 is 96.6 Å². The molecule has 0 aromatic heterocycles. The van der Waals surface area contributed by atoms with E-state index in [9.17, 15) is 25.5 Å². The molecule has 0 bridgehead atoms. The van der Waals surface area contributed by atoms with Crippen LogP contribution >= 0.6 is 0 Å². The molecule has 10 aromatic rings. The predicted molar refractivity (Wildman–Crippen MR) is 499 cm³/mol. The molecule has 680 valence electrons. The maximum Gasteiger partial charge on any atom is 0.160 e. The van der Waals surface area contributed by atoms with Gasteiger partial charge in [-0.05, 0) is 308 Å². The van der Waals surface area contributed by atoms with Crippen LogP contribution < -0.4 is 71.1 Å². The largest absolute Gasteiger partial charge is 0.493 e. The third-order valence-electron chi connectivity index (χ3n) is 17.6. The zero-order valence-electron chi connectivity index (χ0n) is 111. The van der Waals surface area contributed by atoms with Gasteiger partial charge in [-0.1, -0.05) is 123 Å². The van der Waals surface area contributed by atoms with E-state index < -0.39 is 168 Å². The minimum Gasteiger partial charge on any atom is -0.493 e. The van der Waals surface area contributed by atoms with E-state index in [1.807, 2.05) is 51.1 Å². The Morgan fingerprint density at radius 3 is 0.720 bits per heavy atom. The first-order valence-corrected chi connectivity index (χ1v) is 39.7. The maximum absolute atomic E-state index is 10.4. The molecule has 0 fully saturated rings. The molecular weight excluding hydrogens is 1580 g/mol. The molecule has 125 heavy (non-hydrogen) atoms. The molecule has 5 unspecified atom stereocenters. The lowest BCUT2D eigenvalue weighted by Gasteiger charge is -2.13. The maximum atomic E-state index is 10.4. The van der Waals surface area contributed by atoms with Crippen molar-refractivity contribution in [3.05, 3.63) is 268 Å². The van der Waals surface area contributed by atoms with Crippen LogP contribution in [-0.2, 0) is 32.1 Å². The summed E-state index contributed by atoms with van der Waals surface area (Å²) in [4.78, 5) is 0. The van der Waals surface area contributed by atoms with Crippen molar-refractivity contribution in [2.45, 2.75) is 193 Å². The molecule has 20 nitrogen and oxygen atoms in total. The van der Waals surface area contributed by atoms with E-state index in [4.69, 9.17) is 126 Å². The van der Waals surface area contributed by atoms with Crippen molar-refractivity contribution in [3.8, 4) is 86.2 Å². The Labute approximate surface area is 800 Å². The average molecular weight is 1760 g/mol. The molecule has 0 aliphatic heterocycles. The first kappa shape index (κ1) is 57.6. The summed E-state index contributed by atoms with van der Waals surface area (Å²) in [5.74, 6) is 1.08. The van der Waals surface area contributed by atoms with Gasteiger partial charge in [-0.2, -0.15) is 0 Å². The topological polar surface area (TPSA) is 240 Å². The van der Waals surface area contributed by atoms with Gasteiger partial charge in [0.25, 0.3) is 0 Å². The lowest BCUT2D eigenvalue weighted by molar-refractivity contribution is 0.0976. The van der Waals surface area contributed by atoms with Gasteiger partial charge in [0.05, 0.1) is 140 Å². The first-order valence-electron chi connectivity index (χ1n) is 59.7. The fraction of sp³-hybridized carbons (Fsp3) is 0.429. The van der Waals surface area contributed by atoms with Gasteiger partial charge in [0.2, 0.25) is 0 Å². The molecule has 0 aliphatic carbocycles. The Morgan fingerprint density at radius 2 is 0.472 bits per heavy atom. The van der Waals surface area contributed by atoms with Crippen LogP contribution in [0.4, 0.5) is 0 Å². The highest BCUT2D eigenvalue weighted by molar-refractivity contribution is 5.47. The molecule has 0 heterocycles. The summed E-state index contributed by atoms with van der Waals surface area (Å²) < 4.78 is 385. The summed E-state index contributed by atoms with van der Waals surface area (Å²) in [6.45, 7) is -4.13. The van der Waals surface area contributed by atoms with Crippen LogP contribution in [0.1, 0.15) is 207 Å². The second kappa shape index (κ2) is 59.8. The number of hydrogen-bond acceptors (Lipinski definition) is 20. The van der Waals surface area contributed by atoms with E-state index in [0.29, 0.717) is 54.7 Å². The Kier molecular flexibility index (Phi) is 27.5. The van der Waals surface area contributed by atoms with Gasteiger partial charge in [0.15, 0.2) is 57.5 Å². The third-order valence-corrected chi connectivity index (χ3v) is 17.6. The summed E-state index contributed by atoms with van der Waals surface area (Å²) in [6, 6.07) is 54.8. The number of aliphatic hydroxyl groups excluding tert-OH is 5. The molecule has 5 N–H and O–H groups in total. The van der Waals surface area contributed by atoms with Crippen LogP contribution in [0.25, 0.3) is 0 Å². The summed E-state index contributed by atoms with van der Waals surface area (Å²) in [5, 5.41) is 52.0. The first-order chi connectivity index (χ1) is 75.6. The van der Waals surface area contributed by atoms with Gasteiger partial charge in [0.1, 0.15) is 61.5 Å². The fourth-order valence-corrected chi connectivity index (χ4v) is 11.3. The number of rotatable bonds is 50. The lowest BCUT2D eigenvalue weighted by atomic mass is 10.0. The number of aryl methyl sites for hydroxylation is 10. The van der Waals surface area contributed by atoms with Gasteiger partial charge in [-0.3, -0.25) is 0 Å². The third kappa shape index (κ3) is 41.1. The van der Waals surface area contributed by atoms with E-state index in [-0.39, 0.29) is 114 Å². The second-order valence-electron chi connectivity index (χ2n) is 27.6. The van der Waals surface area contributed by atoms with E-state index in [0.717, 1.165) is 57.1 Å². The summed E-state index contributed by atoms with van der Waals surface area (Å²) in [7, 11) is -11.0. The SMILES string of the molecule is [2H]C([2H])(CCCc1ccc(OC)c(OC)c1)C(O)C([2H])([2H])Oc1cccc(C)c1.[2H]C([2H])([2H])Oc1cc(CCCC([2H])([2H])C(O)C([2H])([2H])Oc2cccc(C)c2)ccc1OC.[2H]C([2H])([2H])Oc1ccc(C([2H])([2H])C([2H])([2H])CCC(O)C([2H])([2H])Oc2cccc(C)c2)cc1OC([2H])([2H])[2H].[2H]C([2H])([2H])Oc1ccc(CCCC([2H])([2H])C(O)C([2H])([2H])Oc2cccc(C)c2)cc1OC.[2H]C([2H])([2H])Oc1ccc(CCCC([2H])([2H])C(O)C([2H])([2H])Oc2cccc(C)c2)cc1OC([2H])([2H])[2H]. The summed E-state index contributed by atoms with van der Waals surface area (Å²) in [6.07, 6.45) is -23.5. The molecule has 0 saturated heterocycles. The fourth-order valence-electron chi connectivity index (χ4n) is 11.3. The molecule has 20 heteroatoms. The lowest BCUT2D eigenvalue weighted by Crippen LogP contribution is -2.17. The number of methoxy groups -OCH3 is 10. The van der Waals surface area contributed by atoms with Gasteiger partial charge in [-0.25, -0.2) is 0 Å². The number of benzene rings is 10. The van der Waals surface area contributed by atoms with Crippen molar-refractivity contribution in [2.24, 2.45) is 0 Å². The van der Waals surface area contributed by atoms with Crippen molar-refractivity contribution >= 4 is 0 Å². The Hall–Kier alpha value is -11.0. The molecule has 0 saturated carbocycles. The number of ether oxygens (including phenoxy) is 15. The van der Waals surface area contributed by atoms with Gasteiger partial charge >= 0.3 is 0 Å². The molecule has 0 amide bonds. The summed E-state index contributed by atoms with van der Waals surface area (Å²) >= 11 is 0. The highest BCUT2D eigenvalue weighted by atomic mass is 16.5. The highest BCUT2D eigenvalue weighted by Gasteiger charge is 2.15. The molecule has 10 rings (SSSR count). The predicted octanol–water partition coefficient (Wildman–Crippen LogP) is 20.8. The van der Waals surface area contributed by atoms with E-state index in [2.05, 4.69) is 0 Å². The molecule has 0 spiro atoms. The van der Waals surface area contributed by atoms with E-state index in [1.54, 1.807) is 143 Å². The quantitative estimate of drug-likeness (QED) is 0.0238. The number of aliphatic hydroxyl groups is 5. The van der Waals surface area contributed by atoms with Gasteiger partial charge in [-0.15, -0.1) is 0 Å². The smallest absolute Gasteiger partial charge is 0.160 e. The minimum atomic E-state index is -3.04. The zero-order chi connectivity index (χ0) is 125. The van der Waals surface area contributed by atoms with Gasteiger partial charge in [0, 0.05) is 16.4 Å². The van der Waals surface area contributed by atoms with E-state index in [1.165, 1.54) is 62.8 Å². The highest BCUT2D eigenvalue weighted by Crippen LogP contribution is 2.34. The zero-order valence-corrected chi connectivity index (χ0v) is 71.4. The normalized spacial score (nSPS) is 18.4. The van der Waals surface area contributed by atoms with Crippen molar-refractivity contribution in [1.82, 2.24) is 0 Å². The van der Waals surface area contributed by atoms with Crippen molar-refractivity contribution in [1.29, 1.82) is 0 Å². The number of hydrogen-bond donors (Lipinski definition) is 5. The van der Waals surface area contributed by atoms with Crippen LogP contribution in [0, 0.1) is 34.6 Å². The van der Waals surface area contributed by atoms with Crippen LogP contribution in [0.5, 0.6) is 86.2 Å². The molecule has 5 atom stereocenters. The van der Waals surface area contributed by atoms with Crippen molar-refractivity contribution in [3.63, 3.8) is 0 Å². The monoisotopic (exact) mass is 1760 g/mol. The Bertz CT molecular complexity index is 6420. The van der Waals surface area contributed by atoms with Crippen LogP contribution in [0.2, 0.25) is 0 Å². The van der Waals surface area contributed by atoms with E-state index >= 15 is 0 Å². The summed E-state index contributed by atoms with van der Waals surface area (Å²) in [5.41, 5.74) is 6.68. The van der Waals surface area contributed by atoms with Crippen LogP contribution in [0.3, 0.4) is 0 Å². The van der Waals surface area contributed by atoms with Crippen LogP contribution in [0.15, 0.2) is 212 Å². The second-order valence-corrected chi connectivity index (χ2v) is 27.6. The molecule has 0 radical (unpaired) electrons. The van der Waals surface area contributed by atoms with Crippen LogP contribution in [-0.4, -0.2) is 160 Å². The average Bonchev–Trinajstić information content (AvgIpc) is 0.765. The minimum absolute atomic E-state index is 0.0286. The molecule has 0 aliphatic rings. The Morgan fingerprint density at radius 1 is 0.248 bits per heavy atom. The van der Waals surface area contributed by atoms with Crippen molar-refractivity contribution in [2.75, 3.05) is 103 Å². The van der Waals surface area contributed by atoms with Crippen molar-refractivity contribution < 1.29 is 151 Å².